The van der Waals surface area contributed by atoms with E-state index in [4.69, 9.17) is 5.84 Å². The Morgan fingerprint density at radius 2 is 2.08 bits per heavy atom. The third-order valence-electron chi connectivity index (χ3n) is 2.79. The summed E-state index contributed by atoms with van der Waals surface area (Å²) in [5, 5.41) is 3.26. The van der Waals surface area contributed by atoms with Gasteiger partial charge in [0.05, 0.1) is 0 Å². The van der Waals surface area contributed by atoms with E-state index in [1.807, 2.05) is 0 Å². The van der Waals surface area contributed by atoms with Gasteiger partial charge in [-0.3, -0.25) is 10.4 Å². The Morgan fingerprint density at radius 1 is 1.31 bits per heavy atom. The van der Waals surface area contributed by atoms with Crippen LogP contribution in [0.15, 0.2) is 4.99 Å². The summed E-state index contributed by atoms with van der Waals surface area (Å²) in [5.74, 6) is 6.93. The number of nitrogens with one attached hydrogen (secondary N) is 2. The van der Waals surface area contributed by atoms with Gasteiger partial charge in [-0.15, -0.1) is 0 Å². The summed E-state index contributed by atoms with van der Waals surface area (Å²) in [4.78, 5) is 4.41. The SMILES string of the molecule is NNC(=NCC1CCC1)NC1CC1. The minimum Gasteiger partial charge on any atom is -0.353 e. The van der Waals surface area contributed by atoms with Crippen molar-refractivity contribution in [3.05, 3.63) is 0 Å². The zero-order valence-corrected chi connectivity index (χ0v) is 7.92. The Hall–Kier alpha value is -0.770. The zero-order chi connectivity index (χ0) is 9.10. The molecule has 4 nitrogen and oxygen atoms in total. The van der Waals surface area contributed by atoms with E-state index in [1.165, 1.54) is 32.1 Å². The maximum absolute atomic E-state index is 5.35. The van der Waals surface area contributed by atoms with E-state index in [2.05, 4.69) is 15.7 Å². The molecule has 0 radical (unpaired) electrons. The van der Waals surface area contributed by atoms with Crippen LogP contribution in [0.1, 0.15) is 32.1 Å². The van der Waals surface area contributed by atoms with Crippen LogP contribution in [0.2, 0.25) is 0 Å². The van der Waals surface area contributed by atoms with E-state index in [0.717, 1.165) is 18.4 Å². The van der Waals surface area contributed by atoms with Gasteiger partial charge in [-0.1, -0.05) is 6.42 Å². The molecular weight excluding hydrogens is 164 g/mol. The fraction of sp³-hybridized carbons (Fsp3) is 0.889. The van der Waals surface area contributed by atoms with Crippen molar-refractivity contribution >= 4 is 5.96 Å². The van der Waals surface area contributed by atoms with E-state index in [0.29, 0.717) is 6.04 Å². The number of hydrogen-bond donors (Lipinski definition) is 3. The quantitative estimate of drug-likeness (QED) is 0.255. The molecule has 2 saturated carbocycles. The van der Waals surface area contributed by atoms with Crippen LogP contribution in [0.5, 0.6) is 0 Å². The second-order valence-corrected chi connectivity index (χ2v) is 4.05. The summed E-state index contributed by atoms with van der Waals surface area (Å²) in [6.45, 7) is 0.930. The number of nitrogens with two attached hydrogens (primary N) is 1. The molecule has 0 aliphatic heterocycles. The van der Waals surface area contributed by atoms with Crippen molar-refractivity contribution in [1.82, 2.24) is 10.7 Å². The molecule has 0 amide bonds. The summed E-state index contributed by atoms with van der Waals surface area (Å²) in [7, 11) is 0. The minimum absolute atomic E-state index is 0.621. The standard InChI is InChI=1S/C9H18N4/c10-13-9(12-8-4-5-8)11-6-7-2-1-3-7/h7-8H,1-6,10H2,(H2,11,12,13). The first-order valence-corrected chi connectivity index (χ1v) is 5.16. The lowest BCUT2D eigenvalue weighted by Crippen LogP contribution is -2.43. The number of hydrazine groups is 1. The Morgan fingerprint density at radius 3 is 2.54 bits per heavy atom. The van der Waals surface area contributed by atoms with E-state index < -0.39 is 0 Å². The second kappa shape index (κ2) is 3.96. The van der Waals surface area contributed by atoms with Crippen molar-refractivity contribution in [3.63, 3.8) is 0 Å². The normalized spacial score (nSPS) is 23.9. The van der Waals surface area contributed by atoms with Crippen molar-refractivity contribution in [2.24, 2.45) is 16.8 Å². The van der Waals surface area contributed by atoms with Gasteiger partial charge in [-0.2, -0.15) is 0 Å². The van der Waals surface area contributed by atoms with Gasteiger partial charge in [0.1, 0.15) is 0 Å². The zero-order valence-electron chi connectivity index (χ0n) is 7.92. The fourth-order valence-corrected chi connectivity index (χ4v) is 1.45. The molecule has 2 fully saturated rings. The lowest BCUT2D eigenvalue weighted by atomic mass is 9.86. The van der Waals surface area contributed by atoms with Crippen LogP contribution in [0.3, 0.4) is 0 Å². The molecule has 0 heterocycles. The van der Waals surface area contributed by atoms with Gasteiger partial charge < -0.3 is 5.32 Å². The first-order valence-electron chi connectivity index (χ1n) is 5.16. The Kier molecular flexibility index (Phi) is 2.68. The molecule has 0 saturated heterocycles. The number of aliphatic imine (C=N–C) groups is 1. The molecule has 2 aliphatic carbocycles. The average Bonchev–Trinajstić information content (AvgIpc) is 2.83. The van der Waals surface area contributed by atoms with Gasteiger partial charge in [0.25, 0.3) is 0 Å². The topological polar surface area (TPSA) is 62.4 Å². The Bertz CT molecular complexity index is 194. The highest BCUT2D eigenvalue weighted by Crippen LogP contribution is 2.26. The first-order chi connectivity index (χ1) is 6.38. The molecule has 0 spiro atoms. The number of guanidine groups is 1. The molecule has 0 atom stereocenters. The highest BCUT2D eigenvalue weighted by atomic mass is 15.3. The summed E-state index contributed by atoms with van der Waals surface area (Å²) in [5.41, 5.74) is 2.62. The molecular formula is C9H18N4. The van der Waals surface area contributed by atoms with Gasteiger partial charge >= 0.3 is 0 Å². The van der Waals surface area contributed by atoms with Crippen LogP contribution in [-0.2, 0) is 0 Å². The van der Waals surface area contributed by atoms with Gasteiger partial charge in [0.2, 0.25) is 5.96 Å². The molecule has 2 rings (SSSR count). The summed E-state index contributed by atoms with van der Waals surface area (Å²) < 4.78 is 0. The van der Waals surface area contributed by atoms with Gasteiger partial charge in [-0.05, 0) is 31.6 Å². The van der Waals surface area contributed by atoms with Crippen molar-refractivity contribution in [3.8, 4) is 0 Å². The monoisotopic (exact) mass is 182 g/mol. The maximum Gasteiger partial charge on any atom is 0.205 e. The predicted octanol–water partition coefficient (Wildman–Crippen LogP) is 0.358. The molecule has 0 aromatic heterocycles. The predicted molar refractivity (Wildman–Crippen MR) is 53.1 cm³/mol. The molecule has 4 N–H and O–H groups in total. The maximum atomic E-state index is 5.35. The van der Waals surface area contributed by atoms with E-state index >= 15 is 0 Å². The van der Waals surface area contributed by atoms with Crippen molar-refractivity contribution < 1.29 is 0 Å². The van der Waals surface area contributed by atoms with Crippen LogP contribution in [0.25, 0.3) is 0 Å². The molecule has 0 aromatic carbocycles. The van der Waals surface area contributed by atoms with Crippen LogP contribution < -0.4 is 16.6 Å². The van der Waals surface area contributed by atoms with Gasteiger partial charge in [0.15, 0.2) is 0 Å². The Balaban J connectivity index is 1.71. The van der Waals surface area contributed by atoms with Gasteiger partial charge in [0, 0.05) is 12.6 Å². The van der Waals surface area contributed by atoms with Crippen molar-refractivity contribution in [2.75, 3.05) is 6.54 Å². The number of hydrogen-bond acceptors (Lipinski definition) is 2. The lowest BCUT2D eigenvalue weighted by molar-refractivity contribution is 0.325. The molecule has 4 heteroatoms. The largest absolute Gasteiger partial charge is 0.353 e. The number of rotatable bonds is 3. The Labute approximate surface area is 79.0 Å². The summed E-state index contributed by atoms with van der Waals surface area (Å²) >= 11 is 0. The summed E-state index contributed by atoms with van der Waals surface area (Å²) in [6.07, 6.45) is 6.56. The smallest absolute Gasteiger partial charge is 0.205 e. The van der Waals surface area contributed by atoms with E-state index in [1.54, 1.807) is 0 Å². The second-order valence-electron chi connectivity index (χ2n) is 4.05. The van der Waals surface area contributed by atoms with E-state index in [-0.39, 0.29) is 0 Å². The fourth-order valence-electron chi connectivity index (χ4n) is 1.45. The molecule has 0 unspecified atom stereocenters. The van der Waals surface area contributed by atoms with Crippen LogP contribution in [0.4, 0.5) is 0 Å². The van der Waals surface area contributed by atoms with Gasteiger partial charge in [-0.25, -0.2) is 5.84 Å². The molecule has 74 valence electrons. The highest BCUT2D eigenvalue weighted by molar-refractivity contribution is 5.79. The average molecular weight is 182 g/mol. The lowest BCUT2D eigenvalue weighted by Gasteiger charge is -2.23. The van der Waals surface area contributed by atoms with Crippen molar-refractivity contribution in [1.29, 1.82) is 0 Å². The molecule has 2 aliphatic rings. The van der Waals surface area contributed by atoms with Crippen LogP contribution in [0, 0.1) is 5.92 Å². The third-order valence-corrected chi connectivity index (χ3v) is 2.79. The minimum atomic E-state index is 0.621. The number of nitrogens with zero attached hydrogens (tertiary/aromatic N) is 1. The summed E-state index contributed by atoms with van der Waals surface area (Å²) in [6, 6.07) is 0.621. The van der Waals surface area contributed by atoms with E-state index in [9.17, 15) is 0 Å². The molecule has 13 heavy (non-hydrogen) atoms. The van der Waals surface area contributed by atoms with Crippen molar-refractivity contribution in [2.45, 2.75) is 38.1 Å². The highest BCUT2D eigenvalue weighted by Gasteiger charge is 2.22. The third kappa shape index (κ3) is 2.59. The van der Waals surface area contributed by atoms with Crippen LogP contribution in [-0.4, -0.2) is 18.5 Å². The van der Waals surface area contributed by atoms with Crippen LogP contribution >= 0.6 is 0 Å². The molecule has 0 bridgehead atoms. The first kappa shape index (κ1) is 8.81. The molecule has 0 aromatic rings.